The van der Waals surface area contributed by atoms with Crippen molar-refractivity contribution < 1.29 is 23.8 Å². The lowest BCUT2D eigenvalue weighted by Gasteiger charge is -2.06. The summed E-state index contributed by atoms with van der Waals surface area (Å²) in [5.74, 6) is 0.890. The maximum absolute atomic E-state index is 12.8. The highest BCUT2D eigenvalue weighted by atomic mass is 16.5. The van der Waals surface area contributed by atoms with Gasteiger partial charge >= 0.3 is 5.97 Å². The van der Waals surface area contributed by atoms with Gasteiger partial charge in [-0.05, 0) is 55.0 Å². The van der Waals surface area contributed by atoms with Crippen LogP contribution in [0.4, 0.5) is 0 Å². The van der Waals surface area contributed by atoms with Gasteiger partial charge in [-0.25, -0.2) is 4.79 Å². The summed E-state index contributed by atoms with van der Waals surface area (Å²) in [6, 6.07) is 16.1. The van der Waals surface area contributed by atoms with E-state index < -0.39 is 5.97 Å². The van der Waals surface area contributed by atoms with Crippen LogP contribution in [0.3, 0.4) is 0 Å². The Balaban J connectivity index is 1.93. The largest absolute Gasteiger partial charge is 0.497 e. The van der Waals surface area contributed by atoms with Gasteiger partial charge in [-0.15, -0.1) is 0 Å². The summed E-state index contributed by atoms with van der Waals surface area (Å²) >= 11 is 0. The first-order chi connectivity index (χ1) is 14.0. The molecule has 0 spiro atoms. The predicted molar refractivity (Wildman–Crippen MR) is 110 cm³/mol. The molecule has 0 aliphatic rings. The second-order valence-corrected chi connectivity index (χ2v) is 6.35. The molecular weight excluding hydrogens is 370 g/mol. The Morgan fingerprint density at radius 2 is 1.48 bits per heavy atom. The van der Waals surface area contributed by atoms with E-state index in [1.807, 2.05) is 24.3 Å². The fraction of sp³-hybridized carbons (Fsp3) is 0.217. The lowest BCUT2D eigenvalue weighted by Crippen LogP contribution is -2.07. The minimum Gasteiger partial charge on any atom is -0.497 e. The van der Waals surface area contributed by atoms with Crippen LogP contribution in [-0.4, -0.2) is 37.6 Å². The van der Waals surface area contributed by atoms with Gasteiger partial charge in [0.15, 0.2) is 5.78 Å². The SMILES string of the molecule is CCOC(=O)c1cc(-c2ccc(OC)cc2)c(CC(=O)c2ccc(OC)cc2)[nH]1. The van der Waals surface area contributed by atoms with Gasteiger partial charge in [-0.2, -0.15) is 0 Å². The standard InChI is InChI=1S/C23H23NO5/c1-4-29-23(26)21-13-19(15-5-9-17(27-2)10-6-15)20(24-21)14-22(25)16-7-11-18(28-3)12-8-16/h5-13,24H,4,14H2,1-3H3. The Morgan fingerprint density at radius 1 is 0.897 bits per heavy atom. The van der Waals surface area contributed by atoms with E-state index in [-0.39, 0.29) is 18.8 Å². The summed E-state index contributed by atoms with van der Waals surface area (Å²) in [5.41, 5.74) is 3.18. The summed E-state index contributed by atoms with van der Waals surface area (Å²) < 4.78 is 15.4. The van der Waals surface area contributed by atoms with E-state index in [9.17, 15) is 9.59 Å². The van der Waals surface area contributed by atoms with E-state index in [1.54, 1.807) is 51.5 Å². The molecule has 3 rings (SSSR count). The van der Waals surface area contributed by atoms with Crippen molar-refractivity contribution in [3.8, 4) is 22.6 Å². The molecule has 150 valence electrons. The van der Waals surface area contributed by atoms with Gasteiger partial charge in [0.05, 0.1) is 27.2 Å². The highest BCUT2D eigenvalue weighted by Gasteiger charge is 2.19. The average Bonchev–Trinajstić information content (AvgIpc) is 3.18. The average molecular weight is 393 g/mol. The molecular formula is C23H23NO5. The van der Waals surface area contributed by atoms with Crippen molar-refractivity contribution in [1.29, 1.82) is 0 Å². The maximum Gasteiger partial charge on any atom is 0.354 e. The summed E-state index contributed by atoms with van der Waals surface area (Å²) in [4.78, 5) is 28.1. The zero-order valence-corrected chi connectivity index (χ0v) is 16.7. The molecule has 0 aliphatic heterocycles. The monoisotopic (exact) mass is 393 g/mol. The highest BCUT2D eigenvalue weighted by molar-refractivity contribution is 5.99. The second kappa shape index (κ2) is 9.10. The molecule has 0 saturated carbocycles. The first kappa shape index (κ1) is 20.2. The molecule has 29 heavy (non-hydrogen) atoms. The molecule has 0 unspecified atom stereocenters. The van der Waals surface area contributed by atoms with Crippen molar-refractivity contribution in [3.05, 3.63) is 71.5 Å². The van der Waals surface area contributed by atoms with Crippen LogP contribution in [0.1, 0.15) is 33.5 Å². The molecule has 1 heterocycles. The summed E-state index contributed by atoms with van der Waals surface area (Å²) in [6.45, 7) is 2.02. The van der Waals surface area contributed by atoms with Crippen LogP contribution in [0.15, 0.2) is 54.6 Å². The second-order valence-electron chi connectivity index (χ2n) is 6.35. The van der Waals surface area contributed by atoms with Crippen molar-refractivity contribution in [1.82, 2.24) is 4.98 Å². The summed E-state index contributed by atoms with van der Waals surface area (Å²) in [7, 11) is 3.18. The number of hydrogen-bond acceptors (Lipinski definition) is 5. The van der Waals surface area contributed by atoms with E-state index in [2.05, 4.69) is 4.98 Å². The van der Waals surface area contributed by atoms with Crippen molar-refractivity contribution in [2.75, 3.05) is 20.8 Å². The van der Waals surface area contributed by atoms with Gasteiger partial charge in [0.2, 0.25) is 0 Å². The molecule has 0 amide bonds. The predicted octanol–water partition coefficient (Wildman–Crippen LogP) is 4.30. The first-order valence-corrected chi connectivity index (χ1v) is 9.26. The number of Topliss-reactive ketones (excluding diaryl/α,β-unsaturated/α-hetero) is 1. The Morgan fingerprint density at radius 3 is 2.03 bits per heavy atom. The normalized spacial score (nSPS) is 10.4. The van der Waals surface area contributed by atoms with Crippen LogP contribution in [0.25, 0.3) is 11.1 Å². The Kier molecular flexibility index (Phi) is 6.34. The number of ketones is 1. The number of hydrogen-bond donors (Lipinski definition) is 1. The summed E-state index contributed by atoms with van der Waals surface area (Å²) in [6.07, 6.45) is 0.118. The number of rotatable bonds is 8. The van der Waals surface area contributed by atoms with Crippen molar-refractivity contribution in [2.45, 2.75) is 13.3 Å². The highest BCUT2D eigenvalue weighted by Crippen LogP contribution is 2.28. The number of H-pyrrole nitrogens is 1. The van der Waals surface area contributed by atoms with Gasteiger partial charge in [0, 0.05) is 16.8 Å². The van der Waals surface area contributed by atoms with Crippen LogP contribution in [0.2, 0.25) is 0 Å². The fourth-order valence-electron chi connectivity index (χ4n) is 3.02. The lowest BCUT2D eigenvalue weighted by atomic mass is 10.0. The Bertz CT molecular complexity index is 987. The van der Waals surface area contributed by atoms with Gasteiger partial charge in [-0.1, -0.05) is 12.1 Å². The number of carbonyl (C=O) groups is 2. The molecule has 6 nitrogen and oxygen atoms in total. The lowest BCUT2D eigenvalue weighted by molar-refractivity contribution is 0.0519. The molecule has 0 bridgehead atoms. The van der Waals surface area contributed by atoms with Gasteiger partial charge in [-0.3, -0.25) is 4.79 Å². The van der Waals surface area contributed by atoms with Crippen molar-refractivity contribution in [3.63, 3.8) is 0 Å². The summed E-state index contributed by atoms with van der Waals surface area (Å²) in [5, 5.41) is 0. The third-order valence-electron chi connectivity index (χ3n) is 4.55. The molecule has 0 saturated heterocycles. The third kappa shape index (κ3) is 4.66. The fourth-order valence-corrected chi connectivity index (χ4v) is 3.02. The number of aromatic amines is 1. The van der Waals surface area contributed by atoms with E-state index in [4.69, 9.17) is 14.2 Å². The molecule has 0 radical (unpaired) electrons. The van der Waals surface area contributed by atoms with Crippen LogP contribution in [-0.2, 0) is 11.2 Å². The molecule has 1 aromatic heterocycles. The van der Waals surface area contributed by atoms with Gasteiger partial charge < -0.3 is 19.2 Å². The molecule has 3 aromatic rings. The minimum atomic E-state index is -0.453. The Labute approximate surface area is 169 Å². The van der Waals surface area contributed by atoms with Crippen LogP contribution >= 0.6 is 0 Å². The van der Waals surface area contributed by atoms with Gasteiger partial charge in [0.25, 0.3) is 0 Å². The van der Waals surface area contributed by atoms with E-state index >= 15 is 0 Å². The number of ether oxygens (including phenoxy) is 3. The van der Waals surface area contributed by atoms with E-state index in [0.717, 1.165) is 16.9 Å². The Hall–Kier alpha value is -3.54. The molecule has 2 aromatic carbocycles. The number of nitrogens with one attached hydrogen (secondary N) is 1. The molecule has 0 fully saturated rings. The zero-order valence-electron chi connectivity index (χ0n) is 16.7. The molecule has 0 aliphatic carbocycles. The number of methoxy groups -OCH3 is 2. The van der Waals surface area contributed by atoms with Crippen molar-refractivity contribution in [2.24, 2.45) is 0 Å². The number of aromatic nitrogens is 1. The first-order valence-electron chi connectivity index (χ1n) is 9.26. The topological polar surface area (TPSA) is 77.6 Å². The van der Waals surface area contributed by atoms with Crippen LogP contribution in [0.5, 0.6) is 11.5 Å². The smallest absolute Gasteiger partial charge is 0.354 e. The number of carbonyl (C=O) groups excluding carboxylic acids is 2. The number of benzene rings is 2. The minimum absolute atomic E-state index is 0.0697. The molecule has 1 N–H and O–H groups in total. The van der Waals surface area contributed by atoms with Gasteiger partial charge in [0.1, 0.15) is 17.2 Å². The molecule has 0 atom stereocenters. The quantitative estimate of drug-likeness (QED) is 0.456. The van der Waals surface area contributed by atoms with Crippen molar-refractivity contribution >= 4 is 11.8 Å². The third-order valence-corrected chi connectivity index (χ3v) is 4.55. The van der Waals surface area contributed by atoms with E-state index in [0.29, 0.717) is 22.7 Å². The number of esters is 1. The molecule has 6 heteroatoms. The zero-order chi connectivity index (χ0) is 20.8. The maximum atomic E-state index is 12.8. The van der Waals surface area contributed by atoms with Crippen LogP contribution in [0, 0.1) is 0 Å². The van der Waals surface area contributed by atoms with E-state index in [1.165, 1.54) is 0 Å². The van der Waals surface area contributed by atoms with Crippen LogP contribution < -0.4 is 9.47 Å².